The van der Waals surface area contributed by atoms with Gasteiger partial charge < -0.3 is 19.7 Å². The highest BCUT2D eigenvalue weighted by Gasteiger charge is 2.30. The number of benzene rings is 3. The van der Waals surface area contributed by atoms with Crippen molar-refractivity contribution in [3.8, 4) is 17.6 Å². The fraction of sp³-hybridized carbons (Fsp3) is 0.148. The van der Waals surface area contributed by atoms with Gasteiger partial charge in [-0.2, -0.15) is 5.26 Å². The summed E-state index contributed by atoms with van der Waals surface area (Å²) in [4.78, 5) is 23.6. The van der Waals surface area contributed by atoms with E-state index in [0.29, 0.717) is 17.0 Å². The molecule has 0 spiro atoms. The molecule has 0 aliphatic carbocycles. The molecule has 184 valence electrons. The fourth-order valence-corrected chi connectivity index (χ4v) is 3.34. The number of rotatable bonds is 10. The number of carbonyl (C=O) groups is 2. The molecule has 1 amide bonds. The Bertz CT molecular complexity index is 1260. The Morgan fingerprint density at radius 2 is 1.81 bits per heavy atom. The van der Waals surface area contributed by atoms with Gasteiger partial charge in [-0.3, -0.25) is 5.32 Å². The van der Waals surface area contributed by atoms with Crippen molar-refractivity contribution >= 4 is 17.7 Å². The van der Waals surface area contributed by atoms with E-state index in [9.17, 15) is 19.1 Å². The standard InChI is InChI=1S/C27H23FN2O6/c28-22-16-19(12-15-23(22)31)26(36-27(34)30-20-13-10-18(17-29)11-14-20)24(8-4-5-9-25(32)33)35-21-6-2-1-3-7-21/h1-3,5-7,9-16,24,26,31H,4,8H2,(H,30,34)(H,32,33)/b9-5+/t24-,26-/m0/s1. The van der Waals surface area contributed by atoms with E-state index in [0.717, 1.165) is 18.2 Å². The van der Waals surface area contributed by atoms with Gasteiger partial charge in [0.2, 0.25) is 0 Å². The van der Waals surface area contributed by atoms with Crippen molar-refractivity contribution in [1.29, 1.82) is 5.26 Å². The third kappa shape index (κ3) is 7.60. The molecular formula is C27H23FN2O6. The molecule has 0 heterocycles. The van der Waals surface area contributed by atoms with Gasteiger partial charge in [0.1, 0.15) is 11.9 Å². The van der Waals surface area contributed by atoms with Crippen LogP contribution < -0.4 is 10.1 Å². The number of nitrogens with zero attached hydrogens (tertiary/aromatic N) is 1. The Kier molecular flexibility index (Phi) is 9.00. The summed E-state index contributed by atoms with van der Waals surface area (Å²) in [6, 6.07) is 20.4. The number of hydrogen-bond acceptors (Lipinski definition) is 6. The first kappa shape index (κ1) is 25.8. The Morgan fingerprint density at radius 3 is 2.44 bits per heavy atom. The number of allylic oxidation sites excluding steroid dienone is 1. The summed E-state index contributed by atoms with van der Waals surface area (Å²) in [6.45, 7) is 0. The van der Waals surface area contributed by atoms with Crippen LogP contribution in [0.2, 0.25) is 0 Å². The number of hydrogen-bond donors (Lipinski definition) is 3. The summed E-state index contributed by atoms with van der Waals surface area (Å²) < 4.78 is 26.0. The van der Waals surface area contributed by atoms with Crippen molar-refractivity contribution in [2.45, 2.75) is 25.0 Å². The van der Waals surface area contributed by atoms with Crippen LogP contribution in [0, 0.1) is 17.1 Å². The van der Waals surface area contributed by atoms with Crippen molar-refractivity contribution < 1.29 is 33.7 Å². The Labute approximate surface area is 206 Å². The number of phenols is 1. The number of nitriles is 1. The van der Waals surface area contributed by atoms with Gasteiger partial charge in [-0.25, -0.2) is 14.0 Å². The van der Waals surface area contributed by atoms with Crippen LogP contribution in [-0.4, -0.2) is 28.4 Å². The highest BCUT2D eigenvalue weighted by molar-refractivity contribution is 5.84. The van der Waals surface area contributed by atoms with Crippen LogP contribution in [-0.2, 0) is 9.53 Å². The molecular weight excluding hydrogens is 467 g/mol. The molecule has 3 aromatic carbocycles. The molecule has 0 radical (unpaired) electrons. The molecule has 9 heteroatoms. The molecule has 36 heavy (non-hydrogen) atoms. The number of amides is 1. The highest BCUT2D eigenvalue weighted by Crippen LogP contribution is 2.31. The van der Waals surface area contributed by atoms with Crippen LogP contribution in [0.5, 0.6) is 11.5 Å². The van der Waals surface area contributed by atoms with Crippen LogP contribution in [0.25, 0.3) is 0 Å². The molecule has 2 atom stereocenters. The number of anilines is 1. The van der Waals surface area contributed by atoms with E-state index in [1.54, 1.807) is 30.3 Å². The third-order valence-corrected chi connectivity index (χ3v) is 5.04. The van der Waals surface area contributed by atoms with Gasteiger partial charge in [0, 0.05) is 11.8 Å². The molecule has 0 saturated carbocycles. The molecule has 0 aliphatic rings. The van der Waals surface area contributed by atoms with E-state index in [1.165, 1.54) is 36.4 Å². The molecule has 3 N–H and O–H groups in total. The van der Waals surface area contributed by atoms with E-state index >= 15 is 0 Å². The number of halogens is 1. The first-order valence-corrected chi connectivity index (χ1v) is 10.9. The zero-order valence-corrected chi connectivity index (χ0v) is 19.0. The van der Waals surface area contributed by atoms with Gasteiger partial charge in [-0.1, -0.05) is 30.3 Å². The maximum atomic E-state index is 14.2. The lowest BCUT2D eigenvalue weighted by molar-refractivity contribution is -0.131. The summed E-state index contributed by atoms with van der Waals surface area (Å²) >= 11 is 0. The number of ether oxygens (including phenoxy) is 2. The largest absolute Gasteiger partial charge is 0.505 e. The summed E-state index contributed by atoms with van der Waals surface area (Å²) in [7, 11) is 0. The summed E-state index contributed by atoms with van der Waals surface area (Å²) in [5, 5.41) is 30.0. The number of carbonyl (C=O) groups excluding carboxylic acids is 1. The predicted molar refractivity (Wildman–Crippen MR) is 129 cm³/mol. The van der Waals surface area contributed by atoms with Gasteiger partial charge in [0.15, 0.2) is 17.7 Å². The Hall–Kier alpha value is -4.84. The molecule has 0 aliphatic heterocycles. The number of aromatic hydroxyl groups is 1. The number of phenolic OH excluding ortho intramolecular Hbond substituents is 1. The van der Waals surface area contributed by atoms with Crippen LogP contribution in [0.3, 0.4) is 0 Å². The maximum absolute atomic E-state index is 14.2. The van der Waals surface area contributed by atoms with Gasteiger partial charge >= 0.3 is 12.1 Å². The van der Waals surface area contributed by atoms with E-state index in [2.05, 4.69) is 5.32 Å². The normalized spacial score (nSPS) is 12.3. The number of para-hydroxylation sites is 1. The average molecular weight is 490 g/mol. The summed E-state index contributed by atoms with van der Waals surface area (Å²) in [5.74, 6) is -2.11. The SMILES string of the molecule is N#Cc1ccc(NC(=O)O[C@@H](c2ccc(O)c(F)c2)[C@H](CC/C=C/C(=O)O)Oc2ccccc2)cc1. The number of carboxylic acid groups (broad SMARTS) is 1. The van der Waals surface area contributed by atoms with Crippen LogP contribution in [0.1, 0.15) is 30.1 Å². The lowest BCUT2D eigenvalue weighted by Crippen LogP contribution is -2.31. The maximum Gasteiger partial charge on any atom is 0.412 e. The van der Waals surface area contributed by atoms with Crippen molar-refractivity contribution in [1.82, 2.24) is 0 Å². The van der Waals surface area contributed by atoms with Gasteiger partial charge in [0.25, 0.3) is 0 Å². The second-order valence-electron chi connectivity index (χ2n) is 7.64. The fourth-order valence-electron chi connectivity index (χ4n) is 3.34. The van der Waals surface area contributed by atoms with E-state index < -0.39 is 35.8 Å². The molecule has 8 nitrogen and oxygen atoms in total. The van der Waals surface area contributed by atoms with Crippen molar-refractivity contribution in [3.05, 3.63) is 102 Å². The van der Waals surface area contributed by atoms with Crippen molar-refractivity contribution in [3.63, 3.8) is 0 Å². The lowest BCUT2D eigenvalue weighted by Gasteiger charge is -2.28. The van der Waals surface area contributed by atoms with E-state index in [1.807, 2.05) is 6.07 Å². The summed E-state index contributed by atoms with van der Waals surface area (Å²) in [6.07, 6.45) is 0.0824. The topological polar surface area (TPSA) is 129 Å². The molecule has 0 bridgehead atoms. The van der Waals surface area contributed by atoms with Crippen molar-refractivity contribution in [2.24, 2.45) is 0 Å². The summed E-state index contributed by atoms with van der Waals surface area (Å²) in [5.41, 5.74) is 1.01. The second kappa shape index (κ2) is 12.6. The lowest BCUT2D eigenvalue weighted by atomic mass is 9.99. The van der Waals surface area contributed by atoms with Gasteiger partial charge in [-0.05, 0) is 66.9 Å². The minimum Gasteiger partial charge on any atom is -0.505 e. The Morgan fingerprint density at radius 1 is 1.08 bits per heavy atom. The van der Waals surface area contributed by atoms with Crippen LogP contribution in [0.4, 0.5) is 14.9 Å². The van der Waals surface area contributed by atoms with E-state index in [4.69, 9.17) is 19.8 Å². The molecule has 3 aromatic rings. The highest BCUT2D eigenvalue weighted by atomic mass is 19.1. The number of aliphatic carboxylic acids is 1. The molecule has 0 unspecified atom stereocenters. The number of carboxylic acids is 1. The smallest absolute Gasteiger partial charge is 0.412 e. The second-order valence-corrected chi connectivity index (χ2v) is 7.64. The first-order valence-electron chi connectivity index (χ1n) is 10.9. The molecule has 0 saturated heterocycles. The Balaban J connectivity index is 1.90. The van der Waals surface area contributed by atoms with Crippen molar-refractivity contribution in [2.75, 3.05) is 5.32 Å². The third-order valence-electron chi connectivity index (χ3n) is 5.04. The van der Waals surface area contributed by atoms with Crippen LogP contribution >= 0.6 is 0 Å². The zero-order chi connectivity index (χ0) is 25.9. The average Bonchev–Trinajstić information content (AvgIpc) is 2.87. The minimum atomic E-state index is -1.13. The van der Waals surface area contributed by atoms with Crippen LogP contribution in [0.15, 0.2) is 84.9 Å². The molecule has 0 aromatic heterocycles. The first-order chi connectivity index (χ1) is 17.4. The van der Waals surface area contributed by atoms with E-state index in [-0.39, 0.29) is 18.4 Å². The molecule has 3 rings (SSSR count). The zero-order valence-electron chi connectivity index (χ0n) is 19.0. The van der Waals surface area contributed by atoms with Gasteiger partial charge in [0.05, 0.1) is 11.6 Å². The van der Waals surface area contributed by atoms with Gasteiger partial charge in [-0.15, -0.1) is 0 Å². The minimum absolute atomic E-state index is 0.218. The quantitative estimate of drug-likeness (QED) is 0.317. The predicted octanol–water partition coefficient (Wildman–Crippen LogP) is 5.56. The molecule has 0 fully saturated rings. The number of nitrogens with one attached hydrogen (secondary N) is 1. The monoisotopic (exact) mass is 490 g/mol.